The number of aliphatic imine (C=N–C) groups is 1. The summed E-state index contributed by atoms with van der Waals surface area (Å²) in [5.74, 6) is -1.93. The summed E-state index contributed by atoms with van der Waals surface area (Å²) in [4.78, 5) is 29.7. The van der Waals surface area contributed by atoms with Crippen molar-refractivity contribution in [3.05, 3.63) is 75.7 Å². The van der Waals surface area contributed by atoms with Crippen LogP contribution in [0.4, 0.5) is 0 Å². The maximum Gasteiger partial charge on any atom is 0.323 e. The number of hydrogen-bond acceptors (Lipinski definition) is 6. The molecule has 0 radical (unpaired) electrons. The van der Waals surface area contributed by atoms with Crippen molar-refractivity contribution in [1.29, 1.82) is 0 Å². The third-order valence-electron chi connectivity index (χ3n) is 5.42. The normalized spacial score (nSPS) is 12.1. The standard InChI is InChI=1S/C25H29N5O5S2/c1-14-9-15(2)22(16(3)10-14)37(34,35)30-19(24(32)33)13-28-23(31)21-8-7-20(36-21)18-6-4-5-17(11-18)12-29-25(26)27/h4-11,19,30H,12-13H2,1-3H3,(H,28,31)(H,32,33)(H4,26,27,29)/t19-/m0/s1. The van der Waals surface area contributed by atoms with Crippen molar-refractivity contribution >= 4 is 39.2 Å². The molecule has 7 N–H and O–H groups in total. The number of aryl methyl sites for hydroxylation is 3. The first-order valence-electron chi connectivity index (χ1n) is 11.2. The molecule has 10 nitrogen and oxygen atoms in total. The molecule has 12 heteroatoms. The highest BCUT2D eigenvalue weighted by atomic mass is 32.2. The Morgan fingerprint density at radius 3 is 2.35 bits per heavy atom. The molecule has 0 unspecified atom stereocenters. The van der Waals surface area contributed by atoms with E-state index < -0.39 is 34.5 Å². The van der Waals surface area contributed by atoms with Crippen molar-refractivity contribution in [2.24, 2.45) is 16.5 Å². The molecule has 0 saturated carbocycles. The van der Waals surface area contributed by atoms with Gasteiger partial charge < -0.3 is 21.9 Å². The van der Waals surface area contributed by atoms with Gasteiger partial charge in [-0.05, 0) is 61.2 Å². The number of aliphatic carboxylic acids is 1. The molecule has 0 saturated heterocycles. The van der Waals surface area contributed by atoms with Crippen LogP contribution in [0.3, 0.4) is 0 Å². The Kier molecular flexibility index (Phi) is 8.69. The number of thiophene rings is 1. The van der Waals surface area contributed by atoms with Gasteiger partial charge in [0.05, 0.1) is 16.3 Å². The Labute approximate surface area is 219 Å². The van der Waals surface area contributed by atoms with E-state index in [2.05, 4.69) is 15.0 Å². The van der Waals surface area contributed by atoms with E-state index in [9.17, 15) is 23.1 Å². The quantitative estimate of drug-likeness (QED) is 0.192. The number of nitrogens with zero attached hydrogens (tertiary/aromatic N) is 1. The SMILES string of the molecule is Cc1cc(C)c(S(=O)(=O)N[C@@H](CNC(=O)c2ccc(-c3cccc(CN=C(N)N)c3)s2)C(=O)O)c(C)c1. The van der Waals surface area contributed by atoms with Gasteiger partial charge in [0, 0.05) is 11.4 Å². The van der Waals surface area contributed by atoms with Crippen LogP contribution < -0.4 is 21.5 Å². The fourth-order valence-electron chi connectivity index (χ4n) is 3.92. The van der Waals surface area contributed by atoms with Gasteiger partial charge in [0.15, 0.2) is 5.96 Å². The molecule has 1 atom stereocenters. The summed E-state index contributed by atoms with van der Waals surface area (Å²) in [6.45, 7) is 5.04. The first kappa shape index (κ1) is 27.8. The van der Waals surface area contributed by atoms with Gasteiger partial charge in [0.25, 0.3) is 5.91 Å². The number of nitrogens with two attached hydrogens (primary N) is 2. The Hall–Kier alpha value is -3.74. The number of guanidine groups is 1. The minimum Gasteiger partial charge on any atom is -0.480 e. The second kappa shape index (κ2) is 11.5. The highest BCUT2D eigenvalue weighted by Crippen LogP contribution is 2.29. The van der Waals surface area contributed by atoms with E-state index in [1.54, 1.807) is 38.1 Å². The number of hydrogen-bond donors (Lipinski definition) is 5. The first-order chi connectivity index (χ1) is 17.4. The maximum absolute atomic E-state index is 13.0. The van der Waals surface area contributed by atoms with Gasteiger partial charge in [0.1, 0.15) is 6.04 Å². The van der Waals surface area contributed by atoms with E-state index in [-0.39, 0.29) is 10.9 Å². The average molecular weight is 544 g/mol. The molecule has 0 aliphatic heterocycles. The predicted octanol–water partition coefficient (Wildman–Crippen LogP) is 2.28. The number of amides is 1. The van der Waals surface area contributed by atoms with Gasteiger partial charge in [0.2, 0.25) is 10.0 Å². The van der Waals surface area contributed by atoms with Crippen LogP contribution in [0.5, 0.6) is 0 Å². The van der Waals surface area contributed by atoms with E-state index >= 15 is 0 Å². The van der Waals surface area contributed by atoms with E-state index in [1.165, 1.54) is 11.3 Å². The van der Waals surface area contributed by atoms with Crippen LogP contribution in [0.25, 0.3) is 10.4 Å². The van der Waals surface area contributed by atoms with Crippen LogP contribution in [-0.4, -0.2) is 43.9 Å². The fourth-order valence-corrected chi connectivity index (χ4v) is 6.48. The largest absolute Gasteiger partial charge is 0.480 e. The number of sulfonamides is 1. The van der Waals surface area contributed by atoms with Gasteiger partial charge in [-0.2, -0.15) is 4.72 Å². The summed E-state index contributed by atoms with van der Waals surface area (Å²) in [6.07, 6.45) is 0. The summed E-state index contributed by atoms with van der Waals surface area (Å²) in [7, 11) is -4.15. The summed E-state index contributed by atoms with van der Waals surface area (Å²) in [6, 6.07) is 12.8. The summed E-state index contributed by atoms with van der Waals surface area (Å²) < 4.78 is 28.2. The lowest BCUT2D eigenvalue weighted by molar-refractivity contribution is -0.138. The first-order valence-corrected chi connectivity index (χ1v) is 13.5. The Morgan fingerprint density at radius 1 is 1.05 bits per heavy atom. The summed E-state index contributed by atoms with van der Waals surface area (Å²) in [5, 5.41) is 12.1. The second-order valence-electron chi connectivity index (χ2n) is 8.56. The van der Waals surface area contributed by atoms with Crippen molar-refractivity contribution < 1.29 is 23.1 Å². The van der Waals surface area contributed by atoms with Gasteiger partial charge in [-0.15, -0.1) is 11.3 Å². The van der Waals surface area contributed by atoms with Crippen molar-refractivity contribution in [2.75, 3.05) is 6.54 Å². The topological polar surface area (TPSA) is 177 Å². The number of nitrogens with one attached hydrogen (secondary N) is 2. The number of carboxylic acid groups (broad SMARTS) is 1. The van der Waals surface area contributed by atoms with Gasteiger partial charge in [-0.25, -0.2) is 13.4 Å². The van der Waals surface area contributed by atoms with Crippen molar-refractivity contribution in [2.45, 2.75) is 38.3 Å². The van der Waals surface area contributed by atoms with E-state index in [4.69, 9.17) is 11.5 Å². The van der Waals surface area contributed by atoms with Gasteiger partial charge >= 0.3 is 5.97 Å². The van der Waals surface area contributed by atoms with Crippen molar-refractivity contribution in [3.63, 3.8) is 0 Å². The minimum absolute atomic E-state index is 0.00780. The van der Waals surface area contributed by atoms with Crippen LogP contribution in [0.1, 0.15) is 31.9 Å². The van der Waals surface area contributed by atoms with E-state index in [0.717, 1.165) is 21.6 Å². The lowest BCUT2D eigenvalue weighted by Gasteiger charge is -2.18. The lowest BCUT2D eigenvalue weighted by atomic mass is 10.1. The number of benzene rings is 2. The summed E-state index contributed by atoms with van der Waals surface area (Å²) in [5.41, 5.74) is 14.4. The zero-order chi connectivity index (χ0) is 27.3. The van der Waals surface area contributed by atoms with Crippen LogP contribution in [-0.2, 0) is 21.4 Å². The molecule has 3 rings (SSSR count). The monoisotopic (exact) mass is 543 g/mol. The zero-order valence-corrected chi connectivity index (χ0v) is 22.2. The van der Waals surface area contributed by atoms with Crippen molar-refractivity contribution in [3.8, 4) is 10.4 Å². The molecule has 2 aromatic carbocycles. The zero-order valence-electron chi connectivity index (χ0n) is 20.6. The molecule has 0 spiro atoms. The number of carbonyl (C=O) groups is 2. The average Bonchev–Trinajstić information content (AvgIpc) is 3.30. The molecule has 3 aromatic rings. The molecule has 0 bridgehead atoms. The molecule has 0 aliphatic carbocycles. The van der Waals surface area contributed by atoms with Crippen molar-refractivity contribution in [1.82, 2.24) is 10.0 Å². The highest BCUT2D eigenvalue weighted by Gasteiger charge is 2.28. The molecule has 37 heavy (non-hydrogen) atoms. The third kappa shape index (κ3) is 7.15. The molecular formula is C25H29N5O5S2. The third-order valence-corrected chi connectivity index (χ3v) is 8.33. The van der Waals surface area contributed by atoms with Gasteiger partial charge in [-0.1, -0.05) is 35.9 Å². The minimum atomic E-state index is -4.15. The molecule has 0 fully saturated rings. The molecular weight excluding hydrogens is 514 g/mol. The van der Waals surface area contributed by atoms with Gasteiger partial charge in [-0.3, -0.25) is 9.59 Å². The van der Waals surface area contributed by atoms with E-state index in [1.807, 2.05) is 31.2 Å². The lowest BCUT2D eigenvalue weighted by Crippen LogP contribution is -2.48. The number of carboxylic acids is 1. The molecule has 196 valence electrons. The van der Waals surface area contributed by atoms with E-state index in [0.29, 0.717) is 22.5 Å². The smallest absolute Gasteiger partial charge is 0.323 e. The Bertz CT molecular complexity index is 1440. The number of rotatable bonds is 10. The molecule has 1 aromatic heterocycles. The highest BCUT2D eigenvalue weighted by molar-refractivity contribution is 7.89. The fraction of sp³-hybridized carbons (Fsp3) is 0.240. The molecule has 0 aliphatic rings. The van der Waals surface area contributed by atoms with Crippen LogP contribution in [0.2, 0.25) is 0 Å². The second-order valence-corrected chi connectivity index (χ2v) is 11.3. The maximum atomic E-state index is 13.0. The summed E-state index contributed by atoms with van der Waals surface area (Å²) >= 11 is 1.22. The van der Waals surface area contributed by atoms with Crippen LogP contribution >= 0.6 is 11.3 Å². The Morgan fingerprint density at radius 2 is 1.73 bits per heavy atom. The molecule has 1 amide bonds. The van der Waals surface area contributed by atoms with Crippen LogP contribution in [0.15, 0.2) is 58.4 Å². The number of carbonyl (C=O) groups excluding carboxylic acids is 1. The molecule has 1 heterocycles. The Balaban J connectivity index is 1.71. The van der Waals surface area contributed by atoms with Crippen LogP contribution in [0, 0.1) is 20.8 Å². The predicted molar refractivity (Wildman–Crippen MR) is 144 cm³/mol.